The molecule has 0 saturated carbocycles. The Balaban J connectivity index is 0.00000302. The Labute approximate surface area is 254 Å². The van der Waals surface area contributed by atoms with Gasteiger partial charge in [-0.2, -0.15) is 0 Å². The van der Waals surface area contributed by atoms with Crippen LogP contribution >= 0.6 is 0 Å². The van der Waals surface area contributed by atoms with Crippen molar-refractivity contribution in [3.8, 4) is 11.5 Å². The first-order chi connectivity index (χ1) is 19.2. The fourth-order valence-electron chi connectivity index (χ4n) is 6.39. The predicted molar refractivity (Wildman–Crippen MR) is 164 cm³/mol. The predicted octanol–water partition coefficient (Wildman–Crippen LogP) is 7.97. The van der Waals surface area contributed by atoms with Crippen molar-refractivity contribution in [2.45, 2.75) is 38.5 Å². The van der Waals surface area contributed by atoms with Crippen LogP contribution in [-0.4, -0.2) is 21.6 Å². The summed E-state index contributed by atoms with van der Waals surface area (Å²) in [4.78, 5) is 10.3. The van der Waals surface area contributed by atoms with Gasteiger partial charge in [-0.3, -0.25) is 9.98 Å². The van der Waals surface area contributed by atoms with Gasteiger partial charge in [0.2, 0.25) is 0 Å². The minimum absolute atomic E-state index is 0. The quantitative estimate of drug-likeness (QED) is 0.194. The molecule has 5 heteroatoms. The maximum atomic E-state index is 11.7. The molecule has 3 aliphatic heterocycles. The van der Waals surface area contributed by atoms with Crippen molar-refractivity contribution < 1.29 is 31.3 Å². The van der Waals surface area contributed by atoms with Crippen LogP contribution < -0.4 is 0 Å². The Bertz CT molecular complexity index is 1740. The van der Waals surface area contributed by atoms with Gasteiger partial charge < -0.3 is 10.2 Å². The molecule has 4 aromatic rings. The van der Waals surface area contributed by atoms with E-state index in [0.29, 0.717) is 11.1 Å². The van der Waals surface area contributed by atoms with Gasteiger partial charge in [0, 0.05) is 76.4 Å². The first kappa shape index (κ1) is 27.2. The molecule has 0 atom stereocenters. The number of benzene rings is 4. The zero-order chi connectivity index (χ0) is 27.8. The zero-order valence-electron chi connectivity index (χ0n) is 23.3. The first-order valence-corrected chi connectivity index (χ1v) is 13.6. The molecule has 3 heterocycles. The zero-order valence-corrected chi connectivity index (χ0v) is 25.6. The molecule has 4 aromatic carbocycles. The number of phenols is 2. The fourth-order valence-corrected chi connectivity index (χ4v) is 6.39. The molecule has 0 aliphatic carbocycles. The number of phenolic OH excluding ortho intramolecular Hbond substituents is 2. The number of para-hydroxylation sites is 2. The minimum Gasteiger partial charge on any atom is -0.507 e. The molecule has 0 spiro atoms. The van der Waals surface area contributed by atoms with Crippen LogP contribution in [0.25, 0.3) is 23.5 Å². The summed E-state index contributed by atoms with van der Waals surface area (Å²) in [6, 6.07) is 28.1. The maximum Gasteiger partial charge on any atom is 0.127 e. The average Bonchev–Trinajstić information content (AvgIpc) is 3.50. The summed E-state index contributed by atoms with van der Waals surface area (Å²) in [5.41, 5.74) is 9.21. The molecule has 206 valence electrons. The normalized spacial score (nSPS) is 19.8. The van der Waals surface area contributed by atoms with E-state index in [-0.39, 0.29) is 32.6 Å². The standard InChI is InChI=1S/C36H30N2O2.Pt/c1-35(2)27-17-9-11-21(31(27)39)19-30-24-14-6-8-16-26(24)34(38-30)36(3,4)28-18-10-12-22(32(28)40)20-29-23-13-5-7-15-25(23)33(35)37-29;/h5-20,39-40H,1-4H3;/b29-20-,30-19-;. The van der Waals surface area contributed by atoms with Crippen molar-refractivity contribution in [1.29, 1.82) is 0 Å². The molecule has 0 saturated heterocycles. The molecule has 0 unspecified atom stereocenters. The molecule has 7 rings (SSSR count). The van der Waals surface area contributed by atoms with E-state index in [1.165, 1.54) is 0 Å². The second kappa shape index (κ2) is 9.53. The van der Waals surface area contributed by atoms with Crippen molar-refractivity contribution in [3.05, 3.63) is 129 Å². The summed E-state index contributed by atoms with van der Waals surface area (Å²) in [6.45, 7) is 8.40. The van der Waals surface area contributed by atoms with E-state index in [4.69, 9.17) is 9.98 Å². The molecule has 41 heavy (non-hydrogen) atoms. The molecular weight excluding hydrogens is 687 g/mol. The number of aliphatic imine (C=N–C) groups is 2. The molecule has 4 nitrogen and oxygen atoms in total. The number of hydrogen-bond donors (Lipinski definition) is 2. The van der Waals surface area contributed by atoms with Crippen LogP contribution in [0.3, 0.4) is 0 Å². The van der Waals surface area contributed by atoms with Gasteiger partial charge in [0.05, 0.1) is 22.8 Å². The van der Waals surface area contributed by atoms with Crippen molar-refractivity contribution in [2.24, 2.45) is 9.98 Å². The third kappa shape index (κ3) is 4.00. The summed E-state index contributed by atoms with van der Waals surface area (Å²) in [7, 11) is 0. The van der Waals surface area contributed by atoms with E-state index >= 15 is 0 Å². The van der Waals surface area contributed by atoms with Crippen molar-refractivity contribution >= 4 is 35.0 Å². The van der Waals surface area contributed by atoms with E-state index < -0.39 is 10.8 Å². The summed E-state index contributed by atoms with van der Waals surface area (Å²) < 4.78 is 0. The average molecular weight is 718 g/mol. The molecular formula is C36H30N2O2Pt. The molecule has 0 radical (unpaired) electrons. The van der Waals surface area contributed by atoms with Gasteiger partial charge in [-0.25, -0.2) is 0 Å². The van der Waals surface area contributed by atoms with Gasteiger partial charge in [0.25, 0.3) is 0 Å². The number of fused-ring (bicyclic) bond motifs is 12. The Hall–Kier alpha value is -4.01. The van der Waals surface area contributed by atoms with Gasteiger partial charge in [-0.15, -0.1) is 0 Å². The monoisotopic (exact) mass is 717 g/mol. The van der Waals surface area contributed by atoms with E-state index in [9.17, 15) is 10.2 Å². The maximum absolute atomic E-state index is 11.7. The summed E-state index contributed by atoms with van der Waals surface area (Å²) in [6.07, 6.45) is 3.93. The van der Waals surface area contributed by atoms with E-state index in [0.717, 1.165) is 56.2 Å². The molecule has 3 aliphatic rings. The van der Waals surface area contributed by atoms with Crippen molar-refractivity contribution in [1.82, 2.24) is 0 Å². The molecule has 0 aromatic heterocycles. The molecule has 0 amide bonds. The Kier molecular flexibility index (Phi) is 6.32. The van der Waals surface area contributed by atoms with E-state index in [1.54, 1.807) is 0 Å². The topological polar surface area (TPSA) is 65.2 Å². The summed E-state index contributed by atoms with van der Waals surface area (Å²) in [5, 5.41) is 23.4. The molecule has 8 bridgehead atoms. The minimum atomic E-state index is -0.602. The Morgan fingerprint density at radius 1 is 0.488 bits per heavy atom. The van der Waals surface area contributed by atoms with E-state index in [2.05, 4.69) is 52.0 Å². The number of aromatic hydroxyl groups is 2. The third-order valence-corrected chi connectivity index (χ3v) is 8.63. The Morgan fingerprint density at radius 3 is 1.24 bits per heavy atom. The fraction of sp³-hybridized carbons (Fsp3) is 0.167. The number of hydrogen-bond acceptors (Lipinski definition) is 4. The van der Waals surface area contributed by atoms with Crippen LogP contribution in [0, 0.1) is 0 Å². The first-order valence-electron chi connectivity index (χ1n) is 13.6. The van der Waals surface area contributed by atoms with Crippen LogP contribution in [0.4, 0.5) is 0 Å². The van der Waals surface area contributed by atoms with Gasteiger partial charge in [-0.1, -0.05) is 84.9 Å². The summed E-state index contributed by atoms with van der Waals surface area (Å²) in [5.74, 6) is 0.459. The van der Waals surface area contributed by atoms with Crippen LogP contribution in [0.2, 0.25) is 0 Å². The molecule has 2 N–H and O–H groups in total. The SMILES string of the molecule is CC1(C)C2=N/C(=C\c3cccc(c3O)C(C)(C)C3=N/C(=C\c4cccc1c4O)c1ccccc13)c1ccccc12.[Pt]. The van der Waals surface area contributed by atoms with Crippen LogP contribution in [-0.2, 0) is 31.9 Å². The van der Waals surface area contributed by atoms with Gasteiger partial charge in [0.15, 0.2) is 0 Å². The third-order valence-electron chi connectivity index (χ3n) is 8.63. The smallest absolute Gasteiger partial charge is 0.127 e. The second-order valence-electron chi connectivity index (χ2n) is 11.8. The molecule has 0 fully saturated rings. The van der Waals surface area contributed by atoms with E-state index in [1.807, 2.05) is 72.8 Å². The van der Waals surface area contributed by atoms with Gasteiger partial charge in [0.1, 0.15) is 11.5 Å². The van der Waals surface area contributed by atoms with Gasteiger partial charge in [-0.05, 0) is 39.8 Å². The number of nitrogens with zero attached hydrogens (tertiary/aromatic N) is 2. The largest absolute Gasteiger partial charge is 0.507 e. The van der Waals surface area contributed by atoms with Crippen LogP contribution in [0.5, 0.6) is 11.5 Å². The van der Waals surface area contributed by atoms with Crippen LogP contribution in [0.15, 0.2) is 94.9 Å². The second-order valence-corrected chi connectivity index (χ2v) is 11.8. The van der Waals surface area contributed by atoms with Gasteiger partial charge >= 0.3 is 0 Å². The summed E-state index contributed by atoms with van der Waals surface area (Å²) >= 11 is 0. The number of rotatable bonds is 0. The van der Waals surface area contributed by atoms with Crippen LogP contribution in [0.1, 0.15) is 72.2 Å². The van der Waals surface area contributed by atoms with Crippen molar-refractivity contribution in [3.63, 3.8) is 0 Å². The Morgan fingerprint density at radius 2 is 0.854 bits per heavy atom. The van der Waals surface area contributed by atoms with Crippen molar-refractivity contribution in [2.75, 3.05) is 0 Å².